The molecule has 2 bridgehead atoms. The second-order valence-corrected chi connectivity index (χ2v) is 6.16. The summed E-state index contributed by atoms with van der Waals surface area (Å²) in [4.78, 5) is 23.4. The van der Waals surface area contributed by atoms with E-state index in [1.807, 2.05) is 20.8 Å². The van der Waals surface area contributed by atoms with E-state index in [1.54, 1.807) is 0 Å². The van der Waals surface area contributed by atoms with Gasteiger partial charge in [-0.25, -0.2) is 4.79 Å². The van der Waals surface area contributed by atoms with E-state index in [-0.39, 0.29) is 35.5 Å². The third-order valence-corrected chi connectivity index (χ3v) is 3.74. The lowest BCUT2D eigenvalue weighted by Gasteiger charge is -2.28. The maximum absolute atomic E-state index is 12.0. The Hall–Kier alpha value is -1.32. The van der Waals surface area contributed by atoms with Gasteiger partial charge in [0, 0.05) is 12.0 Å². The first-order valence-electron chi connectivity index (χ1n) is 6.40. The average molecular weight is 252 g/mol. The Balaban J connectivity index is 1.97. The van der Waals surface area contributed by atoms with Crippen molar-refractivity contribution in [1.29, 1.82) is 0 Å². The molecule has 3 atom stereocenters. The topological polar surface area (TPSA) is 52.6 Å². The van der Waals surface area contributed by atoms with Gasteiger partial charge in [-0.05, 0) is 18.3 Å². The van der Waals surface area contributed by atoms with Crippen LogP contribution in [-0.4, -0.2) is 24.1 Å². The Kier molecular flexibility index (Phi) is 3.21. The summed E-state index contributed by atoms with van der Waals surface area (Å²) in [5, 5.41) is 0. The molecule has 2 rings (SSSR count). The maximum atomic E-state index is 12.0. The molecule has 1 saturated heterocycles. The van der Waals surface area contributed by atoms with Gasteiger partial charge in [0.15, 0.2) is 0 Å². The molecule has 18 heavy (non-hydrogen) atoms. The predicted octanol–water partition coefficient (Wildman–Crippen LogP) is 2.23. The van der Waals surface area contributed by atoms with E-state index in [9.17, 15) is 9.59 Å². The number of carbonyl (C=O) groups excluding carboxylic acids is 2. The van der Waals surface area contributed by atoms with Crippen molar-refractivity contribution in [3.8, 4) is 0 Å². The summed E-state index contributed by atoms with van der Waals surface area (Å²) in [7, 11) is 0. The van der Waals surface area contributed by atoms with Crippen molar-refractivity contribution < 1.29 is 19.1 Å². The van der Waals surface area contributed by atoms with Crippen molar-refractivity contribution >= 4 is 11.9 Å². The molecule has 4 nitrogen and oxygen atoms in total. The molecule has 1 aliphatic carbocycles. The van der Waals surface area contributed by atoms with E-state index in [1.165, 1.54) is 0 Å². The Labute approximate surface area is 107 Å². The summed E-state index contributed by atoms with van der Waals surface area (Å²) >= 11 is 0. The molecular weight excluding hydrogens is 232 g/mol. The minimum absolute atomic E-state index is 0.00997. The zero-order chi connectivity index (χ0) is 13.5. The lowest BCUT2D eigenvalue weighted by Crippen LogP contribution is -2.35. The highest BCUT2D eigenvalue weighted by Crippen LogP contribution is 2.36. The first-order valence-corrected chi connectivity index (χ1v) is 6.40. The van der Waals surface area contributed by atoms with Crippen molar-refractivity contribution in [1.82, 2.24) is 0 Å². The van der Waals surface area contributed by atoms with Crippen molar-refractivity contribution in [2.45, 2.75) is 52.2 Å². The minimum atomic E-state index is -0.381. The summed E-state index contributed by atoms with van der Waals surface area (Å²) in [6.45, 7) is 9.54. The predicted molar refractivity (Wildman–Crippen MR) is 65.7 cm³/mol. The molecule has 100 valence electrons. The molecule has 0 radical (unpaired) electrons. The van der Waals surface area contributed by atoms with E-state index >= 15 is 0 Å². The van der Waals surface area contributed by atoms with Crippen molar-refractivity contribution in [3.05, 3.63) is 12.2 Å². The molecule has 0 amide bonds. The van der Waals surface area contributed by atoms with Gasteiger partial charge < -0.3 is 9.47 Å². The molecule has 1 aliphatic heterocycles. The lowest BCUT2D eigenvalue weighted by molar-refractivity contribution is -0.158. The van der Waals surface area contributed by atoms with E-state index in [4.69, 9.17) is 9.47 Å². The van der Waals surface area contributed by atoms with E-state index in [0.717, 1.165) is 6.42 Å². The smallest absolute Gasteiger partial charge is 0.334 e. The Morgan fingerprint density at radius 1 is 1.39 bits per heavy atom. The largest absolute Gasteiger partial charge is 0.458 e. The molecule has 0 spiro atoms. The van der Waals surface area contributed by atoms with Gasteiger partial charge >= 0.3 is 11.9 Å². The summed E-state index contributed by atoms with van der Waals surface area (Å²) in [6, 6.07) is 0. The summed E-state index contributed by atoms with van der Waals surface area (Å²) in [5.41, 5.74) is 0.148. The second kappa shape index (κ2) is 4.41. The van der Waals surface area contributed by atoms with Gasteiger partial charge in [-0.2, -0.15) is 0 Å². The molecule has 2 aliphatic rings. The quantitative estimate of drug-likeness (QED) is 0.558. The maximum Gasteiger partial charge on any atom is 0.334 e. The number of carbonyl (C=O) groups is 2. The van der Waals surface area contributed by atoms with E-state index in [2.05, 4.69) is 6.58 Å². The average Bonchev–Trinajstić information content (AvgIpc) is 2.57. The lowest BCUT2D eigenvalue weighted by atomic mass is 9.86. The molecule has 3 unspecified atom stereocenters. The fraction of sp³-hybridized carbons (Fsp3) is 0.714. The second-order valence-electron chi connectivity index (χ2n) is 6.16. The Bertz CT molecular complexity index is 391. The van der Waals surface area contributed by atoms with Gasteiger partial charge in [0.25, 0.3) is 0 Å². The van der Waals surface area contributed by atoms with E-state index in [0.29, 0.717) is 18.4 Å². The number of hydrogen-bond acceptors (Lipinski definition) is 4. The number of hydrogen-bond donors (Lipinski definition) is 0. The third-order valence-electron chi connectivity index (χ3n) is 3.74. The zero-order valence-electron chi connectivity index (χ0n) is 11.2. The van der Waals surface area contributed by atoms with Crippen LogP contribution in [0.25, 0.3) is 0 Å². The molecule has 0 aromatic heterocycles. The zero-order valence-corrected chi connectivity index (χ0v) is 11.2. The van der Waals surface area contributed by atoms with Crippen LogP contribution in [-0.2, 0) is 19.1 Å². The fourth-order valence-corrected chi connectivity index (χ4v) is 2.33. The SMILES string of the molecule is C=C(C(=O)OC1CCC2CC1OC2=O)C(C)(C)C. The standard InChI is InChI=1S/C14H20O4/c1-8(14(2,3)4)12(15)17-10-6-5-9-7-11(10)18-13(9)16/h9-11H,1,5-7H2,2-4H3. The number of esters is 2. The fourth-order valence-electron chi connectivity index (χ4n) is 2.33. The Morgan fingerprint density at radius 3 is 2.67 bits per heavy atom. The van der Waals surface area contributed by atoms with Crippen molar-refractivity contribution in [3.63, 3.8) is 0 Å². The van der Waals surface area contributed by atoms with Crippen LogP contribution in [0.4, 0.5) is 0 Å². The molecule has 4 heteroatoms. The summed E-state index contributed by atoms with van der Waals surface area (Å²) in [5.74, 6) is -0.516. The van der Waals surface area contributed by atoms with Gasteiger partial charge in [0.05, 0.1) is 5.92 Å². The summed E-state index contributed by atoms with van der Waals surface area (Å²) < 4.78 is 10.7. The highest BCUT2D eigenvalue weighted by Gasteiger charge is 2.45. The molecule has 1 heterocycles. The van der Waals surface area contributed by atoms with Crippen LogP contribution >= 0.6 is 0 Å². The van der Waals surface area contributed by atoms with Crippen LogP contribution < -0.4 is 0 Å². The van der Waals surface area contributed by atoms with Crippen molar-refractivity contribution in [2.24, 2.45) is 11.3 Å². The van der Waals surface area contributed by atoms with Crippen LogP contribution in [0.15, 0.2) is 12.2 Å². The first kappa shape index (κ1) is 13.1. The molecule has 1 saturated carbocycles. The number of rotatable bonds is 2. The van der Waals surface area contributed by atoms with Gasteiger partial charge in [-0.3, -0.25) is 4.79 Å². The van der Waals surface area contributed by atoms with Crippen LogP contribution in [0.5, 0.6) is 0 Å². The minimum Gasteiger partial charge on any atom is -0.458 e. The molecule has 0 aromatic carbocycles. The summed E-state index contributed by atoms with van der Waals surface area (Å²) in [6.07, 6.45) is 1.56. The van der Waals surface area contributed by atoms with Crippen molar-refractivity contribution in [2.75, 3.05) is 0 Å². The van der Waals surface area contributed by atoms with Crippen LogP contribution in [0.1, 0.15) is 40.0 Å². The first-order chi connectivity index (χ1) is 8.29. The number of fused-ring (bicyclic) bond motifs is 2. The monoisotopic (exact) mass is 252 g/mol. The molecule has 0 N–H and O–H groups in total. The van der Waals surface area contributed by atoms with Gasteiger partial charge in [-0.15, -0.1) is 0 Å². The van der Waals surface area contributed by atoms with E-state index < -0.39 is 0 Å². The normalized spacial score (nSPS) is 30.8. The molecule has 0 aromatic rings. The third kappa shape index (κ3) is 2.42. The molecule has 2 fully saturated rings. The van der Waals surface area contributed by atoms with Crippen LogP contribution in [0.2, 0.25) is 0 Å². The number of ether oxygens (including phenoxy) is 2. The Morgan fingerprint density at radius 2 is 2.06 bits per heavy atom. The van der Waals surface area contributed by atoms with Gasteiger partial charge in [0.1, 0.15) is 12.2 Å². The molecular formula is C14H20O4. The highest BCUT2D eigenvalue weighted by atomic mass is 16.6. The highest BCUT2D eigenvalue weighted by molar-refractivity contribution is 5.89. The van der Waals surface area contributed by atoms with Crippen LogP contribution in [0, 0.1) is 11.3 Å². The van der Waals surface area contributed by atoms with Gasteiger partial charge in [-0.1, -0.05) is 27.4 Å². The van der Waals surface area contributed by atoms with Crippen LogP contribution in [0.3, 0.4) is 0 Å². The van der Waals surface area contributed by atoms with Gasteiger partial charge in [0.2, 0.25) is 0 Å².